The highest BCUT2D eigenvalue weighted by Gasteiger charge is 2.29. The summed E-state index contributed by atoms with van der Waals surface area (Å²) in [5.41, 5.74) is 4.65. The Labute approximate surface area is 141 Å². The maximum Gasteiger partial charge on any atom is 0.171 e. The van der Waals surface area contributed by atoms with Crippen LogP contribution in [0.15, 0.2) is 60.2 Å². The van der Waals surface area contributed by atoms with Gasteiger partial charge < -0.3 is 10.6 Å². The minimum atomic E-state index is -0.237. The summed E-state index contributed by atoms with van der Waals surface area (Å²) < 4.78 is 0. The van der Waals surface area contributed by atoms with Gasteiger partial charge in [0, 0.05) is 5.57 Å². The molecular weight excluding hydrogens is 304 g/mol. The lowest BCUT2D eigenvalue weighted by Gasteiger charge is -2.31. The Morgan fingerprint density at radius 1 is 1.04 bits per heavy atom. The van der Waals surface area contributed by atoms with Gasteiger partial charge in [0.25, 0.3) is 0 Å². The fourth-order valence-electron chi connectivity index (χ4n) is 2.79. The third-order valence-electron chi connectivity index (χ3n) is 3.92. The summed E-state index contributed by atoms with van der Waals surface area (Å²) in [5, 5.41) is 6.91. The first-order chi connectivity index (χ1) is 11.1. The standard InChI is InChI=1S/C19H18N2OS/c1-12-8-10-15(11-9-12)18-16(13(2)22)17(20-19(23)21-18)14-6-4-3-5-7-14/h3-11,17H,1-2H3,(H2,20,21,23)/t17-/m1/s1. The van der Waals surface area contributed by atoms with Crippen molar-refractivity contribution >= 4 is 28.8 Å². The number of hydrogen-bond acceptors (Lipinski definition) is 2. The Balaban J connectivity index is 2.17. The molecular formula is C19H18N2OS. The molecule has 1 aliphatic heterocycles. The van der Waals surface area contributed by atoms with Crippen molar-refractivity contribution in [1.29, 1.82) is 0 Å². The van der Waals surface area contributed by atoms with Crippen LogP contribution in [0.4, 0.5) is 0 Å². The van der Waals surface area contributed by atoms with E-state index in [1.165, 1.54) is 5.56 Å². The van der Waals surface area contributed by atoms with E-state index in [4.69, 9.17) is 12.2 Å². The molecule has 0 fully saturated rings. The molecule has 0 spiro atoms. The van der Waals surface area contributed by atoms with Crippen LogP contribution < -0.4 is 10.6 Å². The minimum Gasteiger partial charge on any atom is -0.351 e. The largest absolute Gasteiger partial charge is 0.351 e. The number of hydrogen-bond donors (Lipinski definition) is 2. The first kappa shape index (κ1) is 15.4. The molecule has 0 saturated carbocycles. The van der Waals surface area contributed by atoms with Crippen LogP contribution in [0, 0.1) is 6.92 Å². The first-order valence-corrected chi connectivity index (χ1v) is 7.91. The Morgan fingerprint density at radius 3 is 2.30 bits per heavy atom. The third-order valence-corrected chi connectivity index (χ3v) is 4.14. The van der Waals surface area contributed by atoms with E-state index in [9.17, 15) is 4.79 Å². The average molecular weight is 322 g/mol. The average Bonchev–Trinajstić information content (AvgIpc) is 2.55. The van der Waals surface area contributed by atoms with E-state index in [1.807, 2.05) is 61.5 Å². The van der Waals surface area contributed by atoms with Crippen LogP contribution in [0.5, 0.6) is 0 Å². The van der Waals surface area contributed by atoms with Gasteiger partial charge in [0.2, 0.25) is 0 Å². The van der Waals surface area contributed by atoms with Gasteiger partial charge in [-0.1, -0.05) is 60.2 Å². The number of Topliss-reactive ketones (excluding diaryl/α,β-unsaturated/α-hetero) is 1. The fraction of sp³-hybridized carbons (Fsp3) is 0.158. The molecule has 0 bridgehead atoms. The molecule has 3 nitrogen and oxygen atoms in total. The number of carbonyl (C=O) groups is 1. The van der Waals surface area contributed by atoms with Crippen molar-refractivity contribution in [1.82, 2.24) is 10.6 Å². The number of carbonyl (C=O) groups excluding carboxylic acids is 1. The van der Waals surface area contributed by atoms with Crippen LogP contribution in [-0.4, -0.2) is 10.9 Å². The molecule has 23 heavy (non-hydrogen) atoms. The molecule has 1 aliphatic rings. The van der Waals surface area contributed by atoms with Crippen LogP contribution in [0.2, 0.25) is 0 Å². The molecule has 1 atom stereocenters. The number of ketones is 1. The molecule has 2 N–H and O–H groups in total. The topological polar surface area (TPSA) is 41.1 Å². The van der Waals surface area contributed by atoms with Crippen LogP contribution in [0.1, 0.15) is 29.7 Å². The molecule has 2 aromatic carbocycles. The van der Waals surface area contributed by atoms with Crippen molar-refractivity contribution in [3.8, 4) is 0 Å². The summed E-state index contributed by atoms with van der Waals surface area (Å²) in [6, 6.07) is 17.7. The molecule has 0 aliphatic carbocycles. The van der Waals surface area contributed by atoms with Crippen molar-refractivity contribution in [3.63, 3.8) is 0 Å². The van der Waals surface area contributed by atoms with E-state index >= 15 is 0 Å². The van der Waals surface area contributed by atoms with Gasteiger partial charge in [-0.15, -0.1) is 0 Å². The predicted octanol–water partition coefficient (Wildman–Crippen LogP) is 3.51. The molecule has 0 aromatic heterocycles. The minimum absolute atomic E-state index is 0.0249. The van der Waals surface area contributed by atoms with Crippen LogP contribution >= 0.6 is 12.2 Å². The zero-order valence-electron chi connectivity index (χ0n) is 13.1. The maximum absolute atomic E-state index is 12.4. The molecule has 0 saturated heterocycles. The third kappa shape index (κ3) is 3.17. The summed E-state index contributed by atoms with van der Waals surface area (Å²) in [5.74, 6) is 0.0249. The Bertz CT molecular complexity index is 779. The monoisotopic (exact) mass is 322 g/mol. The highest BCUT2D eigenvalue weighted by Crippen LogP contribution is 2.31. The molecule has 4 heteroatoms. The van der Waals surface area contributed by atoms with Gasteiger partial charge in [0.05, 0.1) is 11.7 Å². The summed E-state index contributed by atoms with van der Waals surface area (Å²) in [4.78, 5) is 12.4. The van der Waals surface area contributed by atoms with Crippen molar-refractivity contribution in [2.75, 3.05) is 0 Å². The smallest absolute Gasteiger partial charge is 0.171 e. The fourth-order valence-corrected chi connectivity index (χ4v) is 3.01. The van der Waals surface area contributed by atoms with Crippen molar-refractivity contribution in [2.24, 2.45) is 0 Å². The lowest BCUT2D eigenvalue weighted by atomic mass is 9.90. The van der Waals surface area contributed by atoms with Gasteiger partial charge in [0.15, 0.2) is 10.9 Å². The Hall–Kier alpha value is -2.46. The van der Waals surface area contributed by atoms with Crippen molar-refractivity contribution in [2.45, 2.75) is 19.9 Å². The van der Waals surface area contributed by atoms with Gasteiger partial charge in [-0.05, 0) is 37.2 Å². The maximum atomic E-state index is 12.4. The van der Waals surface area contributed by atoms with E-state index in [2.05, 4.69) is 10.6 Å². The van der Waals surface area contributed by atoms with E-state index in [0.29, 0.717) is 10.7 Å². The summed E-state index contributed by atoms with van der Waals surface area (Å²) in [6.07, 6.45) is 0. The van der Waals surface area contributed by atoms with Gasteiger partial charge >= 0.3 is 0 Å². The van der Waals surface area contributed by atoms with E-state index < -0.39 is 0 Å². The molecule has 2 aromatic rings. The molecule has 3 rings (SSSR count). The second-order valence-corrected chi connectivity index (χ2v) is 6.06. The lowest BCUT2D eigenvalue weighted by Crippen LogP contribution is -2.44. The normalized spacial score (nSPS) is 17.5. The second kappa shape index (κ2) is 6.34. The van der Waals surface area contributed by atoms with Gasteiger partial charge in [-0.2, -0.15) is 0 Å². The zero-order valence-corrected chi connectivity index (χ0v) is 13.9. The quantitative estimate of drug-likeness (QED) is 0.849. The Morgan fingerprint density at radius 2 is 1.70 bits per heavy atom. The molecule has 0 radical (unpaired) electrons. The van der Waals surface area contributed by atoms with Gasteiger partial charge in [0.1, 0.15) is 0 Å². The number of nitrogens with one attached hydrogen (secondary N) is 2. The molecule has 0 amide bonds. The molecule has 116 valence electrons. The highest BCUT2D eigenvalue weighted by atomic mass is 32.1. The predicted molar refractivity (Wildman–Crippen MR) is 96.8 cm³/mol. The van der Waals surface area contributed by atoms with Crippen molar-refractivity contribution < 1.29 is 4.79 Å². The van der Waals surface area contributed by atoms with Crippen LogP contribution in [0.25, 0.3) is 5.70 Å². The SMILES string of the molecule is CC(=O)C1=C(c2ccc(C)cc2)NC(=S)N[C@@H]1c1ccccc1. The van der Waals surface area contributed by atoms with Crippen LogP contribution in [0.3, 0.4) is 0 Å². The summed E-state index contributed by atoms with van der Waals surface area (Å²) in [7, 11) is 0. The zero-order chi connectivity index (χ0) is 16.4. The summed E-state index contributed by atoms with van der Waals surface area (Å²) in [6.45, 7) is 3.63. The van der Waals surface area contributed by atoms with Crippen LogP contribution in [-0.2, 0) is 4.79 Å². The number of aryl methyl sites for hydroxylation is 1. The summed E-state index contributed by atoms with van der Waals surface area (Å²) >= 11 is 5.36. The molecule has 1 heterocycles. The molecule has 0 unspecified atom stereocenters. The van der Waals surface area contributed by atoms with E-state index in [-0.39, 0.29) is 11.8 Å². The Kier molecular flexibility index (Phi) is 4.26. The van der Waals surface area contributed by atoms with E-state index in [1.54, 1.807) is 6.92 Å². The van der Waals surface area contributed by atoms with Gasteiger partial charge in [-0.25, -0.2) is 0 Å². The lowest BCUT2D eigenvalue weighted by molar-refractivity contribution is -0.113. The first-order valence-electron chi connectivity index (χ1n) is 7.51. The van der Waals surface area contributed by atoms with E-state index in [0.717, 1.165) is 16.8 Å². The number of benzene rings is 2. The number of thiocarbonyl (C=S) groups is 1. The number of rotatable bonds is 3. The second-order valence-electron chi connectivity index (χ2n) is 5.65. The van der Waals surface area contributed by atoms with Gasteiger partial charge in [-0.3, -0.25) is 4.79 Å². The van der Waals surface area contributed by atoms with Crippen molar-refractivity contribution in [3.05, 3.63) is 76.9 Å². The highest BCUT2D eigenvalue weighted by molar-refractivity contribution is 7.80.